The minimum absolute atomic E-state index is 0.279. The lowest BCUT2D eigenvalue weighted by Gasteiger charge is -2.01. The van der Waals surface area contributed by atoms with Gasteiger partial charge in [-0.15, -0.1) is 0 Å². The van der Waals surface area contributed by atoms with Crippen molar-refractivity contribution in [2.75, 3.05) is 0 Å². The highest BCUT2D eigenvalue weighted by Gasteiger charge is 2.12. The minimum Gasteiger partial charge on any atom is -0.425 e. The van der Waals surface area contributed by atoms with Crippen LogP contribution in [0.2, 0.25) is 5.02 Å². The van der Waals surface area contributed by atoms with Gasteiger partial charge < -0.3 is 5.21 Å². The molecule has 6 nitrogen and oxygen atoms in total. The molecule has 0 aliphatic rings. The monoisotopic (exact) mass is 250 g/mol. The van der Waals surface area contributed by atoms with Crippen molar-refractivity contribution < 1.29 is 5.21 Å². The molecule has 0 saturated heterocycles. The molecule has 17 heavy (non-hydrogen) atoms. The van der Waals surface area contributed by atoms with E-state index in [2.05, 4.69) is 10.1 Å². The van der Waals surface area contributed by atoms with Crippen molar-refractivity contribution in [1.29, 1.82) is 0 Å². The van der Waals surface area contributed by atoms with Gasteiger partial charge in [-0.1, -0.05) is 11.6 Å². The first-order chi connectivity index (χ1) is 8.09. The van der Waals surface area contributed by atoms with Gasteiger partial charge in [-0.2, -0.15) is 9.83 Å². The van der Waals surface area contributed by atoms with E-state index in [9.17, 15) is 10.0 Å². The Morgan fingerprint density at radius 2 is 2.24 bits per heavy atom. The molecule has 0 aromatic carbocycles. The van der Waals surface area contributed by atoms with Gasteiger partial charge in [0, 0.05) is 12.4 Å². The Hall–Kier alpha value is -2.08. The standard InChI is InChI=1S/C10H7ClN4O2/c1-5-8(11)9-12-4-6-7(15(9)13-5)2-3-14(17)10(6)16/h2-4,17H,1H3. The van der Waals surface area contributed by atoms with E-state index in [-0.39, 0.29) is 5.39 Å². The van der Waals surface area contributed by atoms with Crippen molar-refractivity contribution >= 4 is 28.2 Å². The van der Waals surface area contributed by atoms with E-state index in [1.165, 1.54) is 16.9 Å². The van der Waals surface area contributed by atoms with Crippen LogP contribution >= 0.6 is 11.6 Å². The lowest BCUT2D eigenvalue weighted by molar-refractivity contribution is 0.176. The second kappa shape index (κ2) is 3.21. The molecule has 86 valence electrons. The first-order valence-corrected chi connectivity index (χ1v) is 5.22. The molecule has 3 aromatic rings. The maximum absolute atomic E-state index is 11.7. The molecule has 0 spiro atoms. The second-order valence-electron chi connectivity index (χ2n) is 3.66. The van der Waals surface area contributed by atoms with Gasteiger partial charge in [-0.25, -0.2) is 9.50 Å². The molecular weight excluding hydrogens is 244 g/mol. The molecule has 3 rings (SSSR count). The third kappa shape index (κ3) is 1.24. The third-order valence-electron chi connectivity index (χ3n) is 2.60. The van der Waals surface area contributed by atoms with Gasteiger partial charge in [0.25, 0.3) is 5.56 Å². The average molecular weight is 251 g/mol. The summed E-state index contributed by atoms with van der Waals surface area (Å²) in [5, 5.41) is 14.2. The lowest BCUT2D eigenvalue weighted by atomic mass is 10.3. The Balaban J connectivity index is 2.62. The smallest absolute Gasteiger partial charge is 0.293 e. The summed E-state index contributed by atoms with van der Waals surface area (Å²) in [6, 6.07) is 1.58. The summed E-state index contributed by atoms with van der Waals surface area (Å²) >= 11 is 6.03. The number of hydrogen-bond acceptors (Lipinski definition) is 4. The van der Waals surface area contributed by atoms with Crippen molar-refractivity contribution in [2.45, 2.75) is 6.92 Å². The zero-order valence-electron chi connectivity index (χ0n) is 8.75. The SMILES string of the molecule is Cc1nn2c(ncc3c(=O)n(O)ccc32)c1Cl. The van der Waals surface area contributed by atoms with E-state index in [1.54, 1.807) is 13.0 Å². The summed E-state index contributed by atoms with van der Waals surface area (Å²) in [5.74, 6) is 0. The average Bonchev–Trinajstić information content (AvgIpc) is 2.61. The van der Waals surface area contributed by atoms with Crippen LogP contribution < -0.4 is 5.56 Å². The Labute approximate surface area is 99.6 Å². The molecular formula is C10H7ClN4O2. The Morgan fingerprint density at radius 3 is 3.00 bits per heavy atom. The van der Waals surface area contributed by atoms with Crippen LogP contribution in [0.5, 0.6) is 0 Å². The fraction of sp³-hybridized carbons (Fsp3) is 0.100. The summed E-state index contributed by atoms with van der Waals surface area (Å²) in [6.07, 6.45) is 2.64. The van der Waals surface area contributed by atoms with Gasteiger partial charge in [0.15, 0.2) is 5.65 Å². The van der Waals surface area contributed by atoms with Crippen LogP contribution in [0.1, 0.15) is 5.69 Å². The quantitative estimate of drug-likeness (QED) is 0.610. The van der Waals surface area contributed by atoms with Crippen molar-refractivity contribution in [1.82, 2.24) is 19.3 Å². The molecule has 0 amide bonds. The predicted molar refractivity (Wildman–Crippen MR) is 61.7 cm³/mol. The zero-order valence-corrected chi connectivity index (χ0v) is 9.51. The topological polar surface area (TPSA) is 72.4 Å². The predicted octanol–water partition coefficient (Wildman–Crippen LogP) is 1.24. The molecule has 0 fully saturated rings. The van der Waals surface area contributed by atoms with E-state index in [0.717, 1.165) is 0 Å². The fourth-order valence-electron chi connectivity index (χ4n) is 1.74. The van der Waals surface area contributed by atoms with Crippen molar-refractivity contribution in [3.05, 3.63) is 39.5 Å². The number of hydrogen-bond donors (Lipinski definition) is 1. The Bertz CT molecular complexity index is 805. The van der Waals surface area contributed by atoms with E-state index < -0.39 is 5.56 Å². The maximum Gasteiger partial charge on any atom is 0.293 e. The zero-order chi connectivity index (χ0) is 12.2. The number of nitrogens with zero attached hydrogens (tertiary/aromatic N) is 4. The Kier molecular flexibility index (Phi) is 1.90. The number of pyridine rings is 1. The van der Waals surface area contributed by atoms with Crippen LogP contribution in [-0.4, -0.2) is 24.5 Å². The molecule has 3 aromatic heterocycles. The van der Waals surface area contributed by atoms with E-state index >= 15 is 0 Å². The molecule has 0 saturated carbocycles. The number of halogens is 1. The number of rotatable bonds is 0. The summed E-state index contributed by atoms with van der Waals surface area (Å²) in [7, 11) is 0. The summed E-state index contributed by atoms with van der Waals surface area (Å²) in [4.78, 5) is 15.7. The molecule has 0 atom stereocenters. The van der Waals surface area contributed by atoms with Gasteiger partial charge in [0.05, 0.1) is 16.6 Å². The van der Waals surface area contributed by atoms with E-state index in [0.29, 0.717) is 26.6 Å². The molecule has 7 heteroatoms. The van der Waals surface area contributed by atoms with Gasteiger partial charge in [-0.3, -0.25) is 4.79 Å². The molecule has 0 aliphatic carbocycles. The van der Waals surface area contributed by atoms with Crippen LogP contribution in [0.25, 0.3) is 16.6 Å². The number of aromatic nitrogens is 4. The molecule has 0 unspecified atom stereocenters. The minimum atomic E-state index is -0.541. The number of aryl methyl sites for hydroxylation is 1. The van der Waals surface area contributed by atoms with Crippen molar-refractivity contribution in [2.24, 2.45) is 0 Å². The van der Waals surface area contributed by atoms with Crippen molar-refractivity contribution in [3.8, 4) is 0 Å². The second-order valence-corrected chi connectivity index (χ2v) is 4.04. The first-order valence-electron chi connectivity index (χ1n) is 4.84. The van der Waals surface area contributed by atoms with Crippen LogP contribution in [-0.2, 0) is 0 Å². The molecule has 1 N–H and O–H groups in total. The van der Waals surface area contributed by atoms with Gasteiger partial charge in [-0.05, 0) is 13.0 Å². The largest absolute Gasteiger partial charge is 0.425 e. The van der Waals surface area contributed by atoms with E-state index in [1.807, 2.05) is 0 Å². The summed E-state index contributed by atoms with van der Waals surface area (Å²) < 4.78 is 2.00. The third-order valence-corrected chi connectivity index (χ3v) is 3.04. The maximum atomic E-state index is 11.7. The highest BCUT2D eigenvalue weighted by molar-refractivity contribution is 6.34. The van der Waals surface area contributed by atoms with Gasteiger partial charge in [0.2, 0.25) is 0 Å². The molecule has 3 heterocycles. The van der Waals surface area contributed by atoms with Crippen LogP contribution in [0.3, 0.4) is 0 Å². The molecule has 0 bridgehead atoms. The van der Waals surface area contributed by atoms with Gasteiger partial charge in [0.1, 0.15) is 5.02 Å². The summed E-state index contributed by atoms with van der Waals surface area (Å²) in [6.45, 7) is 1.76. The highest BCUT2D eigenvalue weighted by atomic mass is 35.5. The van der Waals surface area contributed by atoms with Crippen LogP contribution in [0.15, 0.2) is 23.3 Å². The Morgan fingerprint density at radius 1 is 1.47 bits per heavy atom. The summed E-state index contributed by atoms with van der Waals surface area (Å²) in [5.41, 5.74) is 1.15. The lowest BCUT2D eigenvalue weighted by Crippen LogP contribution is -2.17. The van der Waals surface area contributed by atoms with Crippen LogP contribution in [0, 0.1) is 6.92 Å². The molecule has 0 radical (unpaired) electrons. The van der Waals surface area contributed by atoms with Gasteiger partial charge >= 0.3 is 0 Å². The highest BCUT2D eigenvalue weighted by Crippen LogP contribution is 2.21. The van der Waals surface area contributed by atoms with Crippen LogP contribution in [0.4, 0.5) is 0 Å². The first kappa shape index (κ1) is 10.1. The fourth-order valence-corrected chi connectivity index (χ4v) is 1.91. The number of fused-ring (bicyclic) bond motifs is 3. The van der Waals surface area contributed by atoms with E-state index in [4.69, 9.17) is 11.6 Å². The normalized spacial score (nSPS) is 11.4. The molecule has 0 aliphatic heterocycles. The van der Waals surface area contributed by atoms with Crippen molar-refractivity contribution in [3.63, 3.8) is 0 Å².